The molecule has 1 N–H and O–H groups in total. The quantitative estimate of drug-likeness (QED) is 0.873. The molecule has 1 aromatic heterocycles. The molecule has 1 heterocycles. The summed E-state index contributed by atoms with van der Waals surface area (Å²) in [6, 6.07) is 0.650. The van der Waals surface area contributed by atoms with Crippen molar-refractivity contribution in [2.75, 3.05) is 20.1 Å². The molecule has 1 fully saturated rings. The van der Waals surface area contributed by atoms with Crippen molar-refractivity contribution in [1.29, 1.82) is 0 Å². The molecule has 1 aromatic rings. The normalized spacial score (nSPS) is 25.5. The van der Waals surface area contributed by atoms with Crippen LogP contribution in [-0.4, -0.2) is 36.1 Å². The summed E-state index contributed by atoms with van der Waals surface area (Å²) in [6.07, 6.45) is 2.68. The highest BCUT2D eigenvalue weighted by atomic mass is 32.1. The minimum absolute atomic E-state index is 0.432. The van der Waals surface area contributed by atoms with Gasteiger partial charge in [-0.15, -0.1) is 11.3 Å². The molecule has 1 aliphatic rings. The van der Waals surface area contributed by atoms with E-state index in [0.29, 0.717) is 11.5 Å². The minimum atomic E-state index is 0.432. The van der Waals surface area contributed by atoms with Crippen LogP contribution in [0.4, 0.5) is 0 Å². The van der Waals surface area contributed by atoms with E-state index >= 15 is 0 Å². The molecule has 3 nitrogen and oxygen atoms in total. The van der Waals surface area contributed by atoms with Crippen LogP contribution in [-0.2, 0) is 6.54 Å². The first-order chi connectivity index (χ1) is 9.44. The summed E-state index contributed by atoms with van der Waals surface area (Å²) in [5, 5.41) is 3.72. The lowest BCUT2D eigenvalue weighted by Gasteiger charge is -2.33. The van der Waals surface area contributed by atoms with Crippen molar-refractivity contribution in [2.45, 2.75) is 53.1 Å². The minimum Gasteiger partial charge on any atom is -0.313 e. The van der Waals surface area contributed by atoms with Crippen molar-refractivity contribution in [2.24, 2.45) is 11.3 Å². The Morgan fingerprint density at radius 1 is 1.50 bits per heavy atom. The number of hydrogen-bond acceptors (Lipinski definition) is 4. The fraction of sp³-hybridized carbons (Fsp3) is 0.812. The van der Waals surface area contributed by atoms with Gasteiger partial charge in [0.1, 0.15) is 0 Å². The first-order valence-corrected chi connectivity index (χ1v) is 8.63. The molecule has 1 aliphatic carbocycles. The van der Waals surface area contributed by atoms with Crippen molar-refractivity contribution < 1.29 is 0 Å². The van der Waals surface area contributed by atoms with Gasteiger partial charge in [0.05, 0.1) is 11.2 Å². The van der Waals surface area contributed by atoms with E-state index in [1.165, 1.54) is 30.0 Å². The van der Waals surface area contributed by atoms with Crippen molar-refractivity contribution in [3.05, 3.63) is 16.1 Å². The molecule has 0 spiro atoms. The van der Waals surface area contributed by atoms with Crippen molar-refractivity contribution >= 4 is 11.3 Å². The third kappa shape index (κ3) is 3.60. The Morgan fingerprint density at radius 2 is 2.25 bits per heavy atom. The average Bonchev–Trinajstić information content (AvgIpc) is 2.88. The lowest BCUT2D eigenvalue weighted by molar-refractivity contribution is 0.202. The van der Waals surface area contributed by atoms with Crippen molar-refractivity contribution in [1.82, 2.24) is 15.2 Å². The Kier molecular flexibility index (Phi) is 5.21. The second-order valence-corrected chi connectivity index (χ2v) is 7.82. The zero-order valence-corrected chi connectivity index (χ0v) is 14.4. The first kappa shape index (κ1) is 15.9. The van der Waals surface area contributed by atoms with Crippen LogP contribution in [0.15, 0.2) is 5.51 Å². The topological polar surface area (TPSA) is 28.2 Å². The number of thiazole rings is 1. The summed E-state index contributed by atoms with van der Waals surface area (Å²) in [7, 11) is 2.24. The average molecular weight is 295 g/mol. The van der Waals surface area contributed by atoms with Gasteiger partial charge in [-0.3, -0.25) is 0 Å². The molecule has 4 heteroatoms. The van der Waals surface area contributed by atoms with Crippen LogP contribution in [0.25, 0.3) is 0 Å². The summed E-state index contributed by atoms with van der Waals surface area (Å²) in [5.41, 5.74) is 3.58. The maximum absolute atomic E-state index is 4.35. The van der Waals surface area contributed by atoms with Gasteiger partial charge in [-0.25, -0.2) is 4.98 Å². The van der Waals surface area contributed by atoms with Gasteiger partial charge in [0.15, 0.2) is 0 Å². The molecule has 20 heavy (non-hydrogen) atoms. The molecule has 0 amide bonds. The number of nitrogens with one attached hydrogen (secondary N) is 1. The molecular formula is C16H29N3S. The summed E-state index contributed by atoms with van der Waals surface area (Å²) in [4.78, 5) is 8.22. The highest BCUT2D eigenvalue weighted by molar-refractivity contribution is 7.09. The van der Waals surface area contributed by atoms with Gasteiger partial charge < -0.3 is 10.2 Å². The van der Waals surface area contributed by atoms with E-state index < -0.39 is 0 Å². The Bertz CT molecular complexity index is 427. The largest absolute Gasteiger partial charge is 0.313 e. The second kappa shape index (κ2) is 6.54. The van der Waals surface area contributed by atoms with Gasteiger partial charge in [0, 0.05) is 24.0 Å². The molecule has 2 rings (SSSR count). The molecule has 0 saturated heterocycles. The predicted molar refractivity (Wildman–Crippen MR) is 87.2 cm³/mol. The lowest BCUT2D eigenvalue weighted by Crippen LogP contribution is -2.45. The predicted octanol–water partition coefficient (Wildman–Crippen LogP) is 3.30. The van der Waals surface area contributed by atoms with Gasteiger partial charge in [-0.1, -0.05) is 20.8 Å². The molecule has 0 aromatic carbocycles. The Morgan fingerprint density at radius 3 is 2.85 bits per heavy atom. The molecule has 1 saturated carbocycles. The van der Waals surface area contributed by atoms with Crippen molar-refractivity contribution in [3.8, 4) is 0 Å². The van der Waals surface area contributed by atoms with E-state index in [1.807, 2.05) is 5.51 Å². The first-order valence-electron chi connectivity index (χ1n) is 7.75. The number of aryl methyl sites for hydroxylation is 1. The number of aromatic nitrogens is 1. The zero-order valence-electron chi connectivity index (χ0n) is 13.6. The van der Waals surface area contributed by atoms with Crippen LogP contribution in [0.1, 0.15) is 44.2 Å². The maximum Gasteiger partial charge on any atom is 0.0798 e. The Labute approximate surface area is 127 Å². The number of nitrogens with zero attached hydrogens (tertiary/aromatic N) is 2. The number of hydrogen-bond donors (Lipinski definition) is 1. The molecule has 0 radical (unpaired) electrons. The van der Waals surface area contributed by atoms with Crippen LogP contribution in [0.3, 0.4) is 0 Å². The van der Waals surface area contributed by atoms with Gasteiger partial charge in [0.2, 0.25) is 0 Å². The van der Waals surface area contributed by atoms with Gasteiger partial charge >= 0.3 is 0 Å². The maximum atomic E-state index is 4.35. The Hall–Kier alpha value is -0.450. The van der Waals surface area contributed by atoms with Gasteiger partial charge in [0.25, 0.3) is 0 Å². The monoisotopic (exact) mass is 295 g/mol. The number of rotatable bonds is 6. The lowest BCUT2D eigenvalue weighted by atomic mass is 9.84. The summed E-state index contributed by atoms with van der Waals surface area (Å²) in [6.45, 7) is 12.4. The molecule has 0 bridgehead atoms. The van der Waals surface area contributed by atoms with E-state index in [4.69, 9.17) is 0 Å². The Balaban J connectivity index is 1.93. The van der Waals surface area contributed by atoms with Crippen molar-refractivity contribution in [3.63, 3.8) is 0 Å². The highest BCUT2D eigenvalue weighted by Gasteiger charge is 2.41. The smallest absolute Gasteiger partial charge is 0.0798 e. The molecular weight excluding hydrogens is 266 g/mol. The van der Waals surface area contributed by atoms with Crippen LogP contribution in [0.5, 0.6) is 0 Å². The second-order valence-electron chi connectivity index (χ2n) is 6.88. The van der Waals surface area contributed by atoms with E-state index in [1.54, 1.807) is 11.3 Å². The summed E-state index contributed by atoms with van der Waals surface area (Å²) < 4.78 is 0. The van der Waals surface area contributed by atoms with Crippen LogP contribution in [0.2, 0.25) is 0 Å². The van der Waals surface area contributed by atoms with E-state index in [0.717, 1.165) is 19.0 Å². The van der Waals surface area contributed by atoms with E-state index in [9.17, 15) is 0 Å². The van der Waals surface area contributed by atoms with Crippen LogP contribution in [0, 0.1) is 18.3 Å². The molecule has 2 atom stereocenters. The van der Waals surface area contributed by atoms with E-state index in [2.05, 4.69) is 49.9 Å². The highest BCUT2D eigenvalue weighted by Crippen LogP contribution is 2.41. The zero-order chi connectivity index (χ0) is 14.8. The molecule has 0 aliphatic heterocycles. The SMILES string of the molecule is CCNC1C(CN(C)Cc2scnc2C)CCC1(C)C. The summed E-state index contributed by atoms with van der Waals surface area (Å²) in [5.74, 6) is 0.767. The molecule has 2 unspecified atom stereocenters. The van der Waals surface area contributed by atoms with Crippen LogP contribution >= 0.6 is 11.3 Å². The van der Waals surface area contributed by atoms with Gasteiger partial charge in [-0.2, -0.15) is 0 Å². The summed E-state index contributed by atoms with van der Waals surface area (Å²) >= 11 is 1.78. The third-order valence-electron chi connectivity index (χ3n) is 4.70. The standard InChI is InChI=1S/C16H29N3S/c1-6-17-15-13(7-8-16(15,3)4)9-19(5)10-14-12(2)18-11-20-14/h11,13,15,17H,6-10H2,1-5H3. The van der Waals surface area contributed by atoms with E-state index in [-0.39, 0.29) is 0 Å². The fourth-order valence-electron chi connectivity index (χ4n) is 3.57. The molecule has 114 valence electrons. The third-order valence-corrected chi connectivity index (χ3v) is 5.62. The van der Waals surface area contributed by atoms with Crippen LogP contribution < -0.4 is 5.32 Å². The fourth-order valence-corrected chi connectivity index (χ4v) is 4.42. The van der Waals surface area contributed by atoms with Gasteiger partial charge in [-0.05, 0) is 44.7 Å².